The van der Waals surface area contributed by atoms with Gasteiger partial charge >= 0.3 is 0 Å². The van der Waals surface area contributed by atoms with Crippen LogP contribution in [0.15, 0.2) is 53.4 Å². The summed E-state index contributed by atoms with van der Waals surface area (Å²) in [5.41, 5.74) is 0.652. The summed E-state index contributed by atoms with van der Waals surface area (Å²) in [6, 6.07) is 13.2. The lowest BCUT2D eigenvalue weighted by Crippen LogP contribution is -2.47. The average Bonchev–Trinajstić information content (AvgIpc) is 2.72. The van der Waals surface area contributed by atoms with Gasteiger partial charge in [0.05, 0.1) is 22.5 Å². The molecule has 9 nitrogen and oxygen atoms in total. The van der Waals surface area contributed by atoms with Gasteiger partial charge in [0.2, 0.25) is 0 Å². The number of sulfone groups is 1. The van der Waals surface area contributed by atoms with Gasteiger partial charge in [0.1, 0.15) is 0 Å². The molecule has 1 fully saturated rings. The lowest BCUT2D eigenvalue weighted by Gasteiger charge is -2.33. The Hall–Kier alpha value is -2.82. The number of non-ortho nitro benzene ring substituents is 1. The number of nitro benzene ring substituents is 1. The Morgan fingerprint density at radius 1 is 1.27 bits per heavy atom. The first-order valence-electron chi connectivity index (χ1n) is 9.38. The minimum Gasteiger partial charge on any atom is -0.374 e. The van der Waals surface area contributed by atoms with Crippen molar-refractivity contribution in [3.05, 3.63) is 69.8 Å². The van der Waals surface area contributed by atoms with Gasteiger partial charge in [0.15, 0.2) is 9.84 Å². The number of hydrogen-bond donors (Lipinski definition) is 1. The number of morpholine rings is 1. The number of carbonyl (C=O) groups excluding carboxylic acids is 1. The Balaban J connectivity index is 1.63. The first kappa shape index (κ1) is 21.9. The van der Waals surface area contributed by atoms with E-state index in [9.17, 15) is 23.3 Å². The fraction of sp³-hybridized carbons (Fsp3) is 0.350. The highest BCUT2D eigenvalue weighted by Crippen LogP contribution is 2.21. The number of hydrogen-bond acceptors (Lipinski definition) is 7. The molecule has 1 atom stereocenters. The molecule has 3 rings (SSSR count). The van der Waals surface area contributed by atoms with Crippen LogP contribution in [0.2, 0.25) is 0 Å². The zero-order chi connectivity index (χ0) is 21.7. The normalized spacial score (nSPS) is 17.4. The number of rotatable bonds is 7. The van der Waals surface area contributed by atoms with Crippen LogP contribution in [0.25, 0.3) is 0 Å². The second kappa shape index (κ2) is 9.33. The molecule has 1 heterocycles. The summed E-state index contributed by atoms with van der Waals surface area (Å²) >= 11 is 0. The Labute approximate surface area is 174 Å². The van der Waals surface area contributed by atoms with E-state index in [0.29, 0.717) is 13.2 Å². The lowest BCUT2D eigenvalue weighted by molar-refractivity contribution is -0.385. The van der Waals surface area contributed by atoms with Crippen LogP contribution >= 0.6 is 0 Å². The molecule has 30 heavy (non-hydrogen) atoms. The zero-order valence-corrected chi connectivity index (χ0v) is 17.3. The molecular weight excluding hydrogens is 410 g/mol. The van der Waals surface area contributed by atoms with Crippen molar-refractivity contribution in [3.8, 4) is 0 Å². The van der Waals surface area contributed by atoms with E-state index >= 15 is 0 Å². The van der Waals surface area contributed by atoms with Crippen molar-refractivity contribution in [2.45, 2.75) is 17.5 Å². The Bertz CT molecular complexity index is 1030. The molecule has 1 aliphatic heterocycles. The van der Waals surface area contributed by atoms with Crippen LogP contribution in [0.1, 0.15) is 15.9 Å². The van der Waals surface area contributed by atoms with Crippen LogP contribution < -0.4 is 5.32 Å². The van der Waals surface area contributed by atoms with Crippen LogP contribution in [0.3, 0.4) is 0 Å². The molecule has 0 radical (unpaired) electrons. The van der Waals surface area contributed by atoms with E-state index in [2.05, 4.69) is 10.2 Å². The monoisotopic (exact) mass is 433 g/mol. The van der Waals surface area contributed by atoms with Crippen molar-refractivity contribution in [2.24, 2.45) is 0 Å². The molecule has 2 aromatic carbocycles. The van der Waals surface area contributed by atoms with E-state index in [0.717, 1.165) is 37.5 Å². The molecule has 0 bridgehead atoms. The number of nitrogens with one attached hydrogen (secondary N) is 1. The minimum absolute atomic E-state index is 0.0819. The van der Waals surface area contributed by atoms with Crippen LogP contribution in [0.4, 0.5) is 5.69 Å². The van der Waals surface area contributed by atoms with Crippen molar-refractivity contribution < 1.29 is 22.9 Å². The third-order valence-electron chi connectivity index (χ3n) is 4.75. The SMILES string of the molecule is CS(=O)(=O)c1cc(C(=O)NCC2CN(Cc3ccccc3)CCO2)cc([N+](=O)[O-])c1. The molecule has 1 aliphatic rings. The van der Waals surface area contributed by atoms with Crippen LogP contribution in [0.5, 0.6) is 0 Å². The molecule has 0 spiro atoms. The molecule has 1 saturated heterocycles. The second-order valence-corrected chi connectivity index (χ2v) is 9.18. The molecule has 1 amide bonds. The maximum Gasteiger partial charge on any atom is 0.271 e. The van der Waals surface area contributed by atoms with Gasteiger partial charge in [-0.3, -0.25) is 19.8 Å². The quantitative estimate of drug-likeness (QED) is 0.521. The molecule has 1 unspecified atom stereocenters. The summed E-state index contributed by atoms with van der Waals surface area (Å²) in [5, 5.41) is 13.8. The molecule has 0 aromatic heterocycles. The third kappa shape index (κ3) is 5.85. The van der Waals surface area contributed by atoms with Crippen molar-refractivity contribution in [2.75, 3.05) is 32.5 Å². The third-order valence-corrected chi connectivity index (χ3v) is 5.85. The summed E-state index contributed by atoms with van der Waals surface area (Å²) in [6.07, 6.45) is 0.699. The van der Waals surface area contributed by atoms with Crippen molar-refractivity contribution >= 4 is 21.4 Å². The van der Waals surface area contributed by atoms with Crippen molar-refractivity contribution in [3.63, 3.8) is 0 Å². The van der Waals surface area contributed by atoms with Gasteiger partial charge in [-0.2, -0.15) is 0 Å². The number of nitro groups is 1. The second-order valence-electron chi connectivity index (χ2n) is 7.17. The van der Waals surface area contributed by atoms with Crippen LogP contribution in [-0.2, 0) is 21.1 Å². The van der Waals surface area contributed by atoms with E-state index < -0.39 is 26.4 Å². The van der Waals surface area contributed by atoms with E-state index in [1.165, 1.54) is 5.56 Å². The number of nitrogens with zero attached hydrogens (tertiary/aromatic N) is 2. The predicted octanol–water partition coefficient (Wildman–Crippen LogP) is 1.63. The fourth-order valence-corrected chi connectivity index (χ4v) is 3.91. The van der Waals surface area contributed by atoms with Gasteiger partial charge in [-0.05, 0) is 11.6 Å². The van der Waals surface area contributed by atoms with Crippen LogP contribution in [-0.4, -0.2) is 62.7 Å². The zero-order valence-electron chi connectivity index (χ0n) is 16.5. The summed E-state index contributed by atoms with van der Waals surface area (Å²) in [7, 11) is -3.70. The molecule has 10 heteroatoms. The summed E-state index contributed by atoms with van der Waals surface area (Å²) in [4.78, 5) is 24.8. The topological polar surface area (TPSA) is 119 Å². The number of carbonyl (C=O) groups is 1. The molecular formula is C20H23N3O6S. The standard InChI is InChI=1S/C20H23N3O6S/c1-30(27,28)19-10-16(9-17(11-19)23(25)26)20(24)21-12-18-14-22(7-8-29-18)13-15-5-3-2-4-6-15/h2-6,9-11,18H,7-8,12-14H2,1H3,(H,21,24). The van der Waals surface area contributed by atoms with Gasteiger partial charge in [0.25, 0.3) is 11.6 Å². The van der Waals surface area contributed by atoms with Gasteiger partial charge in [-0.1, -0.05) is 30.3 Å². The van der Waals surface area contributed by atoms with Gasteiger partial charge in [0, 0.05) is 50.1 Å². The van der Waals surface area contributed by atoms with E-state index in [1.54, 1.807) is 0 Å². The lowest BCUT2D eigenvalue weighted by atomic mass is 10.1. The van der Waals surface area contributed by atoms with E-state index in [-0.39, 0.29) is 23.1 Å². The van der Waals surface area contributed by atoms with Crippen molar-refractivity contribution in [1.29, 1.82) is 0 Å². The summed E-state index contributed by atoms with van der Waals surface area (Å²) in [6.45, 7) is 2.92. The minimum atomic E-state index is -3.70. The molecule has 0 saturated carbocycles. The fourth-order valence-electron chi connectivity index (χ4n) is 3.23. The smallest absolute Gasteiger partial charge is 0.271 e. The number of ether oxygens (including phenoxy) is 1. The largest absolute Gasteiger partial charge is 0.374 e. The number of benzene rings is 2. The first-order valence-corrected chi connectivity index (χ1v) is 11.3. The predicted molar refractivity (Wildman–Crippen MR) is 110 cm³/mol. The Morgan fingerprint density at radius 3 is 2.67 bits per heavy atom. The summed E-state index contributed by atoms with van der Waals surface area (Å²) in [5.74, 6) is -0.590. The highest BCUT2D eigenvalue weighted by Gasteiger charge is 2.23. The average molecular weight is 433 g/mol. The van der Waals surface area contributed by atoms with Gasteiger partial charge < -0.3 is 10.1 Å². The maximum absolute atomic E-state index is 12.5. The van der Waals surface area contributed by atoms with E-state index in [1.807, 2.05) is 30.3 Å². The number of amides is 1. The van der Waals surface area contributed by atoms with Gasteiger partial charge in [-0.15, -0.1) is 0 Å². The molecule has 160 valence electrons. The Kier molecular flexibility index (Phi) is 6.80. The van der Waals surface area contributed by atoms with Crippen molar-refractivity contribution in [1.82, 2.24) is 10.2 Å². The van der Waals surface area contributed by atoms with Gasteiger partial charge in [-0.25, -0.2) is 8.42 Å². The maximum atomic E-state index is 12.5. The first-order chi connectivity index (χ1) is 14.2. The highest BCUT2D eigenvalue weighted by molar-refractivity contribution is 7.90. The Morgan fingerprint density at radius 2 is 2.00 bits per heavy atom. The molecule has 0 aliphatic carbocycles. The highest BCUT2D eigenvalue weighted by atomic mass is 32.2. The molecule has 2 aromatic rings. The van der Waals surface area contributed by atoms with E-state index in [4.69, 9.17) is 4.74 Å². The van der Waals surface area contributed by atoms with Crippen LogP contribution in [0, 0.1) is 10.1 Å². The molecule has 1 N–H and O–H groups in total. The summed E-state index contributed by atoms with van der Waals surface area (Å²) < 4.78 is 29.3.